The Labute approximate surface area is 97.7 Å². The summed E-state index contributed by atoms with van der Waals surface area (Å²) in [7, 11) is 0. The smallest absolute Gasteiger partial charge is 0.328 e. The lowest BCUT2D eigenvalue weighted by Gasteiger charge is -2.09. The molecule has 0 saturated carbocycles. The van der Waals surface area contributed by atoms with Gasteiger partial charge >= 0.3 is 11.7 Å². The largest absolute Gasteiger partial charge is 0.418 e. The van der Waals surface area contributed by atoms with Crippen LogP contribution in [0.25, 0.3) is 0 Å². The van der Waals surface area contributed by atoms with Crippen molar-refractivity contribution in [3.05, 3.63) is 34.4 Å². The Morgan fingerprint density at radius 1 is 1.47 bits per heavy atom. The van der Waals surface area contributed by atoms with Gasteiger partial charge in [0.05, 0.1) is 4.92 Å². The van der Waals surface area contributed by atoms with E-state index in [9.17, 15) is 14.9 Å². The van der Waals surface area contributed by atoms with Crippen molar-refractivity contribution < 1.29 is 14.5 Å². The van der Waals surface area contributed by atoms with Crippen molar-refractivity contribution in [3.8, 4) is 5.75 Å². The van der Waals surface area contributed by atoms with Crippen molar-refractivity contribution in [2.45, 2.75) is 18.9 Å². The van der Waals surface area contributed by atoms with Crippen molar-refractivity contribution in [3.63, 3.8) is 0 Å². The van der Waals surface area contributed by atoms with Crippen LogP contribution in [0.4, 0.5) is 5.69 Å². The molecule has 1 aromatic rings. The molecule has 0 unspecified atom stereocenters. The van der Waals surface area contributed by atoms with Crippen LogP contribution in [-0.2, 0) is 4.79 Å². The molecular formula is C11H12N2O4. The highest BCUT2D eigenvalue weighted by molar-refractivity contribution is 5.79. The third-order valence-electron chi connectivity index (χ3n) is 2.62. The van der Waals surface area contributed by atoms with E-state index in [1.54, 1.807) is 6.07 Å². The molecule has 1 aromatic carbocycles. The maximum atomic E-state index is 11.7. The number of esters is 1. The second kappa shape index (κ2) is 4.92. The van der Waals surface area contributed by atoms with Crippen LogP contribution in [0.2, 0.25) is 0 Å². The summed E-state index contributed by atoms with van der Waals surface area (Å²) < 4.78 is 5.05. The fourth-order valence-electron chi connectivity index (χ4n) is 1.76. The van der Waals surface area contributed by atoms with Crippen LogP contribution in [-0.4, -0.2) is 23.5 Å². The van der Waals surface area contributed by atoms with Gasteiger partial charge in [0.1, 0.15) is 6.04 Å². The van der Waals surface area contributed by atoms with Gasteiger partial charge in [-0.15, -0.1) is 0 Å². The number of carbonyl (C=O) groups is 1. The molecule has 0 amide bonds. The van der Waals surface area contributed by atoms with Crippen LogP contribution in [0.15, 0.2) is 24.3 Å². The Balaban J connectivity index is 2.12. The summed E-state index contributed by atoms with van der Waals surface area (Å²) in [5, 5.41) is 13.7. The first kappa shape index (κ1) is 11.5. The van der Waals surface area contributed by atoms with Gasteiger partial charge in [-0.05, 0) is 25.5 Å². The van der Waals surface area contributed by atoms with Gasteiger partial charge in [0.15, 0.2) is 0 Å². The van der Waals surface area contributed by atoms with E-state index in [1.165, 1.54) is 18.2 Å². The molecule has 0 bridgehead atoms. The lowest BCUT2D eigenvalue weighted by molar-refractivity contribution is -0.385. The van der Waals surface area contributed by atoms with Gasteiger partial charge in [-0.25, -0.2) is 4.79 Å². The standard InChI is InChI=1S/C11H12N2O4/c14-11(8-4-3-7-12-8)17-10-6-2-1-5-9(10)13(15)16/h1-2,5-6,8,12H,3-4,7H2/t8-/m1/s1. The molecule has 1 atom stereocenters. The zero-order valence-corrected chi connectivity index (χ0v) is 9.09. The van der Waals surface area contributed by atoms with Gasteiger partial charge in [-0.2, -0.15) is 0 Å². The van der Waals surface area contributed by atoms with Crippen molar-refractivity contribution in [2.24, 2.45) is 0 Å². The second-order valence-electron chi connectivity index (χ2n) is 3.79. The highest BCUT2D eigenvalue weighted by Crippen LogP contribution is 2.26. The normalized spacial score (nSPS) is 18.9. The molecule has 1 heterocycles. The number of hydrogen-bond donors (Lipinski definition) is 1. The monoisotopic (exact) mass is 236 g/mol. The molecule has 6 nitrogen and oxygen atoms in total. The van der Waals surface area contributed by atoms with Gasteiger partial charge < -0.3 is 10.1 Å². The molecule has 0 spiro atoms. The van der Waals surface area contributed by atoms with Crippen LogP contribution in [0.3, 0.4) is 0 Å². The van der Waals surface area contributed by atoms with Gasteiger partial charge in [0, 0.05) is 6.07 Å². The summed E-state index contributed by atoms with van der Waals surface area (Å²) >= 11 is 0. The number of nitrogens with one attached hydrogen (secondary N) is 1. The summed E-state index contributed by atoms with van der Waals surface area (Å²) in [5.41, 5.74) is -0.196. The number of ether oxygens (including phenoxy) is 1. The van der Waals surface area contributed by atoms with E-state index in [0.717, 1.165) is 13.0 Å². The number of rotatable bonds is 3. The third kappa shape index (κ3) is 2.59. The Morgan fingerprint density at radius 2 is 2.24 bits per heavy atom. The molecule has 1 aliphatic rings. The number of carbonyl (C=O) groups excluding carboxylic acids is 1. The minimum absolute atomic E-state index is 0.00352. The summed E-state index contributed by atoms with van der Waals surface area (Å²) in [6.07, 6.45) is 1.62. The van der Waals surface area contributed by atoms with Gasteiger partial charge in [-0.3, -0.25) is 10.1 Å². The maximum absolute atomic E-state index is 11.7. The highest BCUT2D eigenvalue weighted by Gasteiger charge is 2.26. The first-order chi connectivity index (χ1) is 8.18. The molecule has 1 aliphatic heterocycles. The first-order valence-electron chi connectivity index (χ1n) is 5.37. The first-order valence-corrected chi connectivity index (χ1v) is 5.37. The zero-order valence-electron chi connectivity index (χ0n) is 9.09. The number of benzene rings is 1. The number of hydrogen-bond acceptors (Lipinski definition) is 5. The molecule has 0 aliphatic carbocycles. The highest BCUT2D eigenvalue weighted by atomic mass is 16.6. The number of nitrogens with zero attached hydrogens (tertiary/aromatic N) is 1. The average molecular weight is 236 g/mol. The Bertz CT molecular complexity index is 441. The molecule has 1 N–H and O–H groups in total. The van der Waals surface area contributed by atoms with Gasteiger partial charge in [-0.1, -0.05) is 12.1 Å². The predicted molar refractivity (Wildman–Crippen MR) is 59.8 cm³/mol. The summed E-state index contributed by atoms with van der Waals surface area (Å²) in [6.45, 7) is 0.774. The fraction of sp³-hybridized carbons (Fsp3) is 0.364. The maximum Gasteiger partial charge on any atom is 0.328 e. The van der Waals surface area contributed by atoms with Crippen LogP contribution in [0.1, 0.15) is 12.8 Å². The second-order valence-corrected chi connectivity index (χ2v) is 3.79. The number of nitro groups is 1. The summed E-state index contributed by atoms with van der Waals surface area (Å²) in [4.78, 5) is 21.8. The SMILES string of the molecule is O=C(Oc1ccccc1[N+](=O)[O-])[C@H]1CCCN1. The Kier molecular flexibility index (Phi) is 3.34. The van der Waals surface area contributed by atoms with Crippen molar-refractivity contribution >= 4 is 11.7 Å². The molecule has 2 rings (SSSR count). The van der Waals surface area contributed by atoms with Crippen LogP contribution in [0, 0.1) is 10.1 Å². The van der Waals surface area contributed by atoms with E-state index < -0.39 is 10.9 Å². The quantitative estimate of drug-likeness (QED) is 0.369. The molecule has 0 aromatic heterocycles. The van der Waals surface area contributed by atoms with Gasteiger partial charge in [0.25, 0.3) is 0 Å². The molecule has 0 radical (unpaired) electrons. The molecule has 1 saturated heterocycles. The fourth-order valence-corrected chi connectivity index (χ4v) is 1.76. The predicted octanol–water partition coefficient (Wildman–Crippen LogP) is 1.25. The van der Waals surface area contributed by atoms with E-state index >= 15 is 0 Å². The van der Waals surface area contributed by atoms with E-state index in [2.05, 4.69) is 5.32 Å². The van der Waals surface area contributed by atoms with Gasteiger partial charge in [0.2, 0.25) is 5.75 Å². The average Bonchev–Trinajstić information content (AvgIpc) is 2.83. The number of para-hydroxylation sites is 2. The minimum Gasteiger partial charge on any atom is -0.418 e. The summed E-state index contributed by atoms with van der Waals surface area (Å²) in [6, 6.07) is 5.51. The van der Waals surface area contributed by atoms with Crippen molar-refractivity contribution in [1.29, 1.82) is 0 Å². The molecule has 6 heteroatoms. The Hall–Kier alpha value is -1.95. The van der Waals surface area contributed by atoms with Crippen molar-refractivity contribution in [1.82, 2.24) is 5.32 Å². The Morgan fingerprint density at radius 3 is 2.88 bits per heavy atom. The van der Waals surface area contributed by atoms with Crippen LogP contribution in [0.5, 0.6) is 5.75 Å². The molecule has 90 valence electrons. The van der Waals surface area contributed by atoms with E-state index in [-0.39, 0.29) is 17.5 Å². The van der Waals surface area contributed by atoms with E-state index in [4.69, 9.17) is 4.74 Å². The van der Waals surface area contributed by atoms with E-state index in [0.29, 0.717) is 6.42 Å². The molecular weight excluding hydrogens is 224 g/mol. The van der Waals surface area contributed by atoms with Crippen LogP contribution >= 0.6 is 0 Å². The van der Waals surface area contributed by atoms with Crippen LogP contribution < -0.4 is 10.1 Å². The molecule has 17 heavy (non-hydrogen) atoms. The zero-order chi connectivity index (χ0) is 12.3. The minimum atomic E-state index is -0.565. The topological polar surface area (TPSA) is 81.5 Å². The molecule has 1 fully saturated rings. The lowest BCUT2D eigenvalue weighted by Crippen LogP contribution is -2.34. The van der Waals surface area contributed by atoms with E-state index in [1.807, 2.05) is 0 Å². The lowest BCUT2D eigenvalue weighted by atomic mass is 10.2. The summed E-state index contributed by atoms with van der Waals surface area (Å²) in [5.74, 6) is -0.465. The van der Waals surface area contributed by atoms with Crippen molar-refractivity contribution in [2.75, 3.05) is 6.54 Å². The third-order valence-corrected chi connectivity index (χ3v) is 2.62. The number of nitro benzene ring substituents is 1.